The zero-order valence-electron chi connectivity index (χ0n) is 19.2. The van der Waals surface area contributed by atoms with Gasteiger partial charge in [-0.2, -0.15) is 5.10 Å². The number of nitrogens with one attached hydrogen (secondary N) is 1. The first-order chi connectivity index (χ1) is 16.9. The summed E-state index contributed by atoms with van der Waals surface area (Å²) < 4.78 is 22.2. The Bertz CT molecular complexity index is 1260. The van der Waals surface area contributed by atoms with Gasteiger partial charge in [-0.15, -0.1) is 0 Å². The van der Waals surface area contributed by atoms with E-state index in [1.54, 1.807) is 43.3 Å². The van der Waals surface area contributed by atoms with Gasteiger partial charge in [0.2, 0.25) is 0 Å². The summed E-state index contributed by atoms with van der Waals surface area (Å²) in [5.74, 6) is 0.0786. The Morgan fingerprint density at radius 1 is 0.971 bits per heavy atom. The SMILES string of the molecule is CCOc1cc(C=NNC(=O)c2cc(Br)ccc2O)ccc1OC(=O)c1ccc(OC)c(OC)c1. The molecule has 10 heteroatoms. The smallest absolute Gasteiger partial charge is 0.343 e. The number of hydrazone groups is 1. The van der Waals surface area contributed by atoms with Gasteiger partial charge < -0.3 is 24.1 Å². The third-order valence-electron chi connectivity index (χ3n) is 4.67. The summed E-state index contributed by atoms with van der Waals surface area (Å²) >= 11 is 3.25. The highest BCUT2D eigenvalue weighted by Gasteiger charge is 2.16. The fourth-order valence-corrected chi connectivity index (χ4v) is 3.36. The highest BCUT2D eigenvalue weighted by molar-refractivity contribution is 9.10. The highest BCUT2D eigenvalue weighted by atomic mass is 79.9. The van der Waals surface area contributed by atoms with Crippen LogP contribution in [0.25, 0.3) is 0 Å². The van der Waals surface area contributed by atoms with Crippen LogP contribution in [0.5, 0.6) is 28.7 Å². The number of halogens is 1. The van der Waals surface area contributed by atoms with Gasteiger partial charge in [-0.25, -0.2) is 10.2 Å². The van der Waals surface area contributed by atoms with Crippen molar-refractivity contribution in [1.82, 2.24) is 5.43 Å². The average Bonchev–Trinajstić information content (AvgIpc) is 2.86. The first-order valence-electron chi connectivity index (χ1n) is 10.4. The number of hydrogen-bond acceptors (Lipinski definition) is 8. The first-order valence-corrected chi connectivity index (χ1v) is 11.2. The largest absolute Gasteiger partial charge is 0.507 e. The molecular weight excluding hydrogens is 520 g/mol. The topological polar surface area (TPSA) is 116 Å². The molecule has 182 valence electrons. The van der Waals surface area contributed by atoms with Crippen LogP contribution >= 0.6 is 15.9 Å². The zero-order chi connectivity index (χ0) is 25.4. The van der Waals surface area contributed by atoms with Crippen LogP contribution in [0, 0.1) is 0 Å². The predicted octanol–water partition coefficient (Wildman–Crippen LogP) is 4.55. The molecule has 0 bridgehead atoms. The highest BCUT2D eigenvalue weighted by Crippen LogP contribution is 2.31. The molecule has 0 heterocycles. The van der Waals surface area contributed by atoms with Gasteiger partial charge in [-0.1, -0.05) is 15.9 Å². The van der Waals surface area contributed by atoms with Crippen LogP contribution in [0.2, 0.25) is 0 Å². The van der Waals surface area contributed by atoms with E-state index in [1.165, 1.54) is 38.6 Å². The van der Waals surface area contributed by atoms with Gasteiger partial charge in [-0.3, -0.25) is 4.79 Å². The zero-order valence-corrected chi connectivity index (χ0v) is 20.8. The second-order valence-electron chi connectivity index (χ2n) is 6.96. The van der Waals surface area contributed by atoms with E-state index in [1.807, 2.05) is 0 Å². The summed E-state index contributed by atoms with van der Waals surface area (Å²) in [5, 5.41) is 13.8. The van der Waals surface area contributed by atoms with Crippen molar-refractivity contribution >= 4 is 34.0 Å². The van der Waals surface area contributed by atoms with Crippen LogP contribution < -0.4 is 24.4 Å². The van der Waals surface area contributed by atoms with E-state index in [0.29, 0.717) is 33.9 Å². The number of phenols is 1. The maximum absolute atomic E-state index is 12.7. The number of carbonyl (C=O) groups excluding carboxylic acids is 2. The lowest BCUT2D eigenvalue weighted by molar-refractivity contribution is 0.0727. The molecule has 9 nitrogen and oxygen atoms in total. The van der Waals surface area contributed by atoms with Crippen molar-refractivity contribution in [1.29, 1.82) is 0 Å². The quantitative estimate of drug-likeness (QED) is 0.176. The molecule has 0 aliphatic rings. The van der Waals surface area contributed by atoms with Crippen molar-refractivity contribution in [2.24, 2.45) is 5.10 Å². The molecule has 0 fully saturated rings. The predicted molar refractivity (Wildman–Crippen MR) is 133 cm³/mol. The van der Waals surface area contributed by atoms with E-state index in [9.17, 15) is 14.7 Å². The normalized spacial score (nSPS) is 10.6. The molecule has 0 unspecified atom stereocenters. The Morgan fingerprint density at radius 3 is 2.43 bits per heavy atom. The number of benzene rings is 3. The number of amides is 1. The number of rotatable bonds is 9. The molecule has 0 atom stereocenters. The number of ether oxygens (including phenoxy) is 4. The number of carbonyl (C=O) groups is 2. The number of esters is 1. The van der Waals surface area contributed by atoms with Gasteiger partial charge in [0.1, 0.15) is 5.75 Å². The molecule has 3 aromatic carbocycles. The molecule has 0 aromatic heterocycles. The van der Waals surface area contributed by atoms with Crippen LogP contribution in [0.15, 0.2) is 64.2 Å². The van der Waals surface area contributed by atoms with Gasteiger partial charge in [0.25, 0.3) is 5.91 Å². The summed E-state index contributed by atoms with van der Waals surface area (Å²) in [6, 6.07) is 14.0. The standard InChI is InChI=1S/C25H23BrN2O7/c1-4-34-23-11-15(14-27-28-24(30)18-13-17(26)7-8-19(18)29)5-9-21(23)35-25(31)16-6-10-20(32-2)22(12-16)33-3/h5-14,29H,4H2,1-3H3,(H,28,30). The molecule has 0 spiro atoms. The van der Waals surface area contributed by atoms with Crippen molar-refractivity contribution in [2.45, 2.75) is 6.92 Å². The van der Waals surface area contributed by atoms with E-state index in [0.717, 1.165) is 0 Å². The van der Waals surface area contributed by atoms with E-state index < -0.39 is 11.9 Å². The van der Waals surface area contributed by atoms with E-state index >= 15 is 0 Å². The molecule has 0 saturated carbocycles. The van der Waals surface area contributed by atoms with Crippen molar-refractivity contribution in [3.63, 3.8) is 0 Å². The number of phenolic OH excluding ortho intramolecular Hbond substituents is 1. The number of nitrogens with zero attached hydrogens (tertiary/aromatic N) is 1. The van der Waals surface area contributed by atoms with Gasteiger partial charge in [0.15, 0.2) is 23.0 Å². The van der Waals surface area contributed by atoms with Crippen LogP contribution in [-0.4, -0.2) is 44.0 Å². The molecule has 0 radical (unpaired) electrons. The summed E-state index contributed by atoms with van der Waals surface area (Å²) in [7, 11) is 2.98. The number of aromatic hydroxyl groups is 1. The Balaban J connectivity index is 1.74. The van der Waals surface area contributed by atoms with Crippen LogP contribution in [-0.2, 0) is 0 Å². The van der Waals surface area contributed by atoms with Gasteiger partial charge in [0, 0.05) is 4.47 Å². The molecule has 2 N–H and O–H groups in total. The molecule has 0 saturated heterocycles. The summed E-state index contributed by atoms with van der Waals surface area (Å²) in [5.41, 5.74) is 3.28. The Hall–Kier alpha value is -4.05. The summed E-state index contributed by atoms with van der Waals surface area (Å²) in [4.78, 5) is 25.0. The van der Waals surface area contributed by atoms with Crippen LogP contribution in [0.3, 0.4) is 0 Å². The third kappa shape index (κ3) is 6.51. The van der Waals surface area contributed by atoms with Crippen molar-refractivity contribution in [2.75, 3.05) is 20.8 Å². The molecule has 3 aromatic rings. The maximum atomic E-state index is 12.7. The maximum Gasteiger partial charge on any atom is 0.343 e. The third-order valence-corrected chi connectivity index (χ3v) is 5.17. The van der Waals surface area contributed by atoms with E-state index in [-0.39, 0.29) is 22.6 Å². The van der Waals surface area contributed by atoms with E-state index in [4.69, 9.17) is 18.9 Å². The molecule has 1 amide bonds. The fraction of sp³-hybridized carbons (Fsp3) is 0.160. The van der Waals surface area contributed by atoms with Crippen molar-refractivity contribution < 1.29 is 33.6 Å². The number of hydrogen-bond donors (Lipinski definition) is 2. The minimum atomic E-state index is -0.602. The molecular formula is C25H23BrN2O7. The second kappa shape index (κ2) is 11.9. The Labute approximate surface area is 210 Å². The monoisotopic (exact) mass is 542 g/mol. The van der Waals surface area contributed by atoms with Crippen LogP contribution in [0.4, 0.5) is 0 Å². The fourth-order valence-electron chi connectivity index (χ4n) is 3.00. The minimum absolute atomic E-state index is 0.0731. The van der Waals surface area contributed by atoms with E-state index in [2.05, 4.69) is 26.5 Å². The first kappa shape index (κ1) is 25.6. The van der Waals surface area contributed by atoms with Crippen molar-refractivity contribution in [3.8, 4) is 28.7 Å². The molecule has 0 aliphatic carbocycles. The minimum Gasteiger partial charge on any atom is -0.507 e. The lowest BCUT2D eigenvalue weighted by atomic mass is 10.2. The lowest BCUT2D eigenvalue weighted by Crippen LogP contribution is -2.17. The van der Waals surface area contributed by atoms with Crippen LogP contribution in [0.1, 0.15) is 33.2 Å². The van der Waals surface area contributed by atoms with Crippen molar-refractivity contribution in [3.05, 3.63) is 75.8 Å². The molecule has 0 aliphatic heterocycles. The summed E-state index contributed by atoms with van der Waals surface area (Å²) in [6.07, 6.45) is 1.40. The average molecular weight is 543 g/mol. The molecule has 35 heavy (non-hydrogen) atoms. The Morgan fingerprint density at radius 2 is 1.71 bits per heavy atom. The summed E-state index contributed by atoms with van der Waals surface area (Å²) in [6.45, 7) is 2.13. The van der Waals surface area contributed by atoms with Gasteiger partial charge in [0.05, 0.1) is 38.2 Å². The molecule has 3 rings (SSSR count). The second-order valence-corrected chi connectivity index (χ2v) is 7.87. The Kier molecular flexibility index (Phi) is 8.69. The van der Waals surface area contributed by atoms with Gasteiger partial charge in [-0.05, 0) is 67.1 Å². The number of methoxy groups -OCH3 is 2. The lowest BCUT2D eigenvalue weighted by Gasteiger charge is -2.12. The van der Waals surface area contributed by atoms with Gasteiger partial charge >= 0.3 is 5.97 Å².